The van der Waals surface area contributed by atoms with Crippen LogP contribution in [0.25, 0.3) is 11.1 Å². The summed E-state index contributed by atoms with van der Waals surface area (Å²) in [6.45, 7) is 5.10. The van der Waals surface area contributed by atoms with Gasteiger partial charge in [-0.1, -0.05) is 48.0 Å². The summed E-state index contributed by atoms with van der Waals surface area (Å²) in [4.78, 5) is 46.1. The fraction of sp³-hybridized carbons (Fsp3) is 0.328. The molecule has 2 fully saturated rings. The molecular formula is C58H64ClF3N6O5S3. The van der Waals surface area contributed by atoms with Crippen LogP contribution in [0.4, 0.5) is 35.9 Å². The molecule has 6 aromatic carbocycles. The third-order valence-corrected chi connectivity index (χ3v) is 16.3. The van der Waals surface area contributed by atoms with E-state index >= 15 is 0 Å². The number of aliphatic carboxylic acids is 1. The third kappa shape index (κ3) is 17.9. The Kier molecular flexibility index (Phi) is 21.7. The van der Waals surface area contributed by atoms with Gasteiger partial charge in [-0.25, -0.2) is 0 Å². The smallest absolute Gasteiger partial charge is 0.446 e. The summed E-state index contributed by atoms with van der Waals surface area (Å²) in [7, 11) is 2.06. The largest absolute Gasteiger partial charge is 0.481 e. The van der Waals surface area contributed by atoms with Crippen molar-refractivity contribution >= 4 is 87.6 Å². The highest BCUT2D eigenvalue weighted by molar-refractivity contribution is 8.00. The van der Waals surface area contributed by atoms with Crippen LogP contribution in [0.5, 0.6) is 0 Å². The molecule has 11 nitrogen and oxygen atoms in total. The second kappa shape index (κ2) is 28.5. The number of carbonyl (C=O) groups excluding carboxylic acids is 2. The number of nitrogens with one attached hydrogen (secondary N) is 2. The van der Waals surface area contributed by atoms with Crippen molar-refractivity contribution in [2.75, 3.05) is 79.5 Å². The number of nitrogens with zero attached hydrogens (tertiary/aromatic N) is 3. The van der Waals surface area contributed by atoms with Crippen molar-refractivity contribution in [3.8, 4) is 11.1 Å². The lowest BCUT2D eigenvalue weighted by Gasteiger charge is -2.34. The van der Waals surface area contributed by atoms with Gasteiger partial charge in [0.1, 0.15) is 0 Å². The second-order valence-electron chi connectivity index (χ2n) is 18.8. The number of carboxylic acid groups (broad SMARTS) is 1. The molecule has 0 saturated carbocycles. The number of aliphatic hydroxyl groups excluding tert-OH is 1. The molecule has 2 aliphatic heterocycles. The van der Waals surface area contributed by atoms with Crippen molar-refractivity contribution in [1.82, 2.24) is 9.62 Å². The molecule has 6 aromatic rings. The molecule has 0 aromatic heterocycles. The average Bonchev–Trinajstić information content (AvgIpc) is 3.43. The van der Waals surface area contributed by atoms with E-state index in [2.05, 4.69) is 56.1 Å². The van der Waals surface area contributed by atoms with Gasteiger partial charge in [0.2, 0.25) is 0 Å². The van der Waals surface area contributed by atoms with Crippen molar-refractivity contribution < 1.29 is 37.8 Å². The van der Waals surface area contributed by atoms with Crippen molar-refractivity contribution in [3.05, 3.63) is 161 Å². The van der Waals surface area contributed by atoms with Crippen LogP contribution in [0, 0.1) is 11.8 Å². The van der Waals surface area contributed by atoms with E-state index in [4.69, 9.17) is 22.4 Å². The molecule has 2 aliphatic rings. The number of rotatable bonds is 20. The van der Waals surface area contributed by atoms with Crippen LogP contribution in [0.2, 0.25) is 5.02 Å². The Morgan fingerprint density at radius 1 is 0.737 bits per heavy atom. The predicted octanol–water partition coefficient (Wildman–Crippen LogP) is 13.1. The predicted molar refractivity (Wildman–Crippen MR) is 306 cm³/mol. The molecule has 2 saturated heterocycles. The summed E-state index contributed by atoms with van der Waals surface area (Å²) in [6.07, 6.45) is 6.27. The van der Waals surface area contributed by atoms with Gasteiger partial charge < -0.3 is 36.0 Å². The molecule has 6 N–H and O–H groups in total. The summed E-state index contributed by atoms with van der Waals surface area (Å²) in [5, 5.41) is 21.8. The fourth-order valence-electron chi connectivity index (χ4n) is 9.12. The van der Waals surface area contributed by atoms with Crippen LogP contribution >= 0.6 is 47.1 Å². The summed E-state index contributed by atoms with van der Waals surface area (Å²) < 4.78 is 41.4. The van der Waals surface area contributed by atoms with Crippen LogP contribution in [0.1, 0.15) is 64.8 Å². The number of unbranched alkanes of at least 4 members (excludes halogenated alkanes) is 1. The highest BCUT2D eigenvalue weighted by Gasteiger charge is 2.31. The molecular weight excluding hydrogens is 1050 g/mol. The number of carboxylic acids is 1. The van der Waals surface area contributed by atoms with Gasteiger partial charge in [-0.15, -0.1) is 11.8 Å². The number of likely N-dealkylation sites (N-methyl/N-ethyl adjacent to an activating group) is 1. The van der Waals surface area contributed by atoms with E-state index < -0.39 is 11.5 Å². The number of alkyl halides is 3. The minimum absolute atomic E-state index is 0.0126. The number of hydrogen-bond acceptors (Lipinski definition) is 11. The van der Waals surface area contributed by atoms with Crippen LogP contribution in [0.15, 0.2) is 154 Å². The molecule has 8 rings (SSSR count). The molecule has 2 amide bonds. The van der Waals surface area contributed by atoms with Crippen molar-refractivity contribution in [1.29, 1.82) is 0 Å². The Hall–Kier alpha value is -5.82. The standard InChI is InChI=1S/C45H43ClF3N5O4S2.C13H21NOS/c46-34-6-1-29(2-7-34)39-15-5-32(42(55)51-35-8-12-37(13-9-35)54-23-19-31(20-24-54)44(57)58)26-33(39)25-28-17-21-53(22-18-28)36-10-3-30(4-11-36)43(56)52-60-38-14-16-40(50)41(27-38)59-45(47,48)49;1-14(10-11-15)9-5-6-12-16-13-7-3-2-4-8-13/h1-16,26-28,31H,17-25,50H2,(H,51,55)(H,52,56)(H,57,58);2-4,7-8,15H,5-6,9-12H2,1H3. The second-order valence-corrected chi connectivity index (χ2v) is 22.4. The number of benzene rings is 6. The molecule has 2 heterocycles. The van der Waals surface area contributed by atoms with Gasteiger partial charge in [-0.05, 0) is 214 Å². The minimum Gasteiger partial charge on any atom is -0.481 e. The number of amides is 2. The number of piperidine rings is 2. The molecule has 76 heavy (non-hydrogen) atoms. The average molecular weight is 1110 g/mol. The zero-order chi connectivity index (χ0) is 54.0. The highest BCUT2D eigenvalue weighted by atomic mass is 35.5. The van der Waals surface area contributed by atoms with E-state index in [1.165, 1.54) is 35.6 Å². The van der Waals surface area contributed by atoms with Gasteiger partial charge in [-0.3, -0.25) is 19.1 Å². The lowest BCUT2D eigenvalue weighted by atomic mass is 9.86. The molecule has 0 unspecified atom stereocenters. The number of nitrogens with two attached hydrogens (primary N) is 1. The zero-order valence-electron chi connectivity index (χ0n) is 42.3. The van der Waals surface area contributed by atoms with E-state index in [-0.39, 0.29) is 46.7 Å². The lowest BCUT2D eigenvalue weighted by Crippen LogP contribution is -2.36. The van der Waals surface area contributed by atoms with Gasteiger partial charge in [-0.2, -0.15) is 13.2 Å². The first-order valence-corrected chi connectivity index (χ1v) is 28.3. The minimum atomic E-state index is -4.48. The maximum atomic E-state index is 13.6. The van der Waals surface area contributed by atoms with Gasteiger partial charge in [0, 0.05) is 86.3 Å². The number of hydrogen-bond donors (Lipinski definition) is 5. The fourth-order valence-corrected chi connectivity index (χ4v) is 11.5. The van der Waals surface area contributed by atoms with E-state index in [9.17, 15) is 32.7 Å². The Morgan fingerprint density at radius 2 is 1.37 bits per heavy atom. The highest BCUT2D eigenvalue weighted by Crippen LogP contribution is 2.41. The van der Waals surface area contributed by atoms with Gasteiger partial charge >= 0.3 is 11.5 Å². The first-order valence-electron chi connectivity index (χ1n) is 25.3. The zero-order valence-corrected chi connectivity index (χ0v) is 45.5. The van der Waals surface area contributed by atoms with Crippen molar-refractivity contribution in [2.45, 2.75) is 65.1 Å². The maximum absolute atomic E-state index is 13.6. The Balaban J connectivity index is 0.000000450. The van der Waals surface area contributed by atoms with Gasteiger partial charge in [0.15, 0.2) is 0 Å². The van der Waals surface area contributed by atoms with Crippen LogP contribution in [-0.2, 0) is 11.2 Å². The molecule has 0 spiro atoms. The topological polar surface area (TPSA) is 151 Å². The molecule has 0 radical (unpaired) electrons. The van der Waals surface area contributed by atoms with E-state index in [0.717, 1.165) is 85.5 Å². The Morgan fingerprint density at radius 3 is 2.00 bits per heavy atom. The summed E-state index contributed by atoms with van der Waals surface area (Å²) >= 11 is 8.77. The Bertz CT molecular complexity index is 2820. The van der Waals surface area contributed by atoms with Crippen LogP contribution in [-0.4, -0.2) is 97.1 Å². The molecule has 0 bridgehead atoms. The van der Waals surface area contributed by atoms with Crippen molar-refractivity contribution in [3.63, 3.8) is 0 Å². The third-order valence-electron chi connectivity index (χ3n) is 13.4. The quantitative estimate of drug-likeness (QED) is 0.0214. The normalized spacial score (nSPS) is 14.2. The van der Waals surface area contributed by atoms with Crippen LogP contribution < -0.4 is 25.6 Å². The van der Waals surface area contributed by atoms with Crippen LogP contribution in [0.3, 0.4) is 0 Å². The first kappa shape index (κ1) is 57.9. The summed E-state index contributed by atoms with van der Waals surface area (Å²) in [5.41, 5.74) is 8.02. The summed E-state index contributed by atoms with van der Waals surface area (Å²) in [6, 6.07) is 43.2. The monoisotopic (exact) mass is 1110 g/mol. The SMILES string of the molecule is CN(CCO)CCCCSc1ccccc1.Nc1ccc(SNC(=O)c2ccc(N3CCC(Cc4cc(C(=O)Nc5ccc(N6CCC(C(=O)O)CC6)cc5)ccc4-c4ccc(Cl)cc4)CC3)cc2)cc1SC(F)(F)F. The molecule has 0 atom stereocenters. The number of thioether (sulfide) groups is 2. The van der Waals surface area contributed by atoms with E-state index in [0.29, 0.717) is 58.6 Å². The Labute approximate surface area is 461 Å². The number of halogens is 4. The van der Waals surface area contributed by atoms with E-state index in [1.807, 2.05) is 96.7 Å². The summed E-state index contributed by atoms with van der Waals surface area (Å²) in [5.74, 6) is -0.0796. The maximum Gasteiger partial charge on any atom is 0.446 e. The van der Waals surface area contributed by atoms with E-state index in [1.54, 1.807) is 18.2 Å². The number of carbonyl (C=O) groups is 3. The van der Waals surface area contributed by atoms with Gasteiger partial charge in [0.25, 0.3) is 11.8 Å². The number of nitrogen functional groups attached to an aromatic ring is 1. The number of anilines is 4. The molecule has 0 aliphatic carbocycles. The van der Waals surface area contributed by atoms with Gasteiger partial charge in [0.05, 0.1) is 12.5 Å². The lowest BCUT2D eigenvalue weighted by molar-refractivity contribution is -0.142. The number of aliphatic hydroxyl groups is 1. The van der Waals surface area contributed by atoms with Crippen molar-refractivity contribution in [2.24, 2.45) is 11.8 Å². The first-order chi connectivity index (χ1) is 36.6. The molecule has 402 valence electrons. The molecule has 18 heteroatoms.